The third-order valence-electron chi connectivity index (χ3n) is 6.02. The molecule has 4 rings (SSSR count). The number of para-hydroxylation sites is 1. The van der Waals surface area contributed by atoms with Crippen LogP contribution in [0.2, 0.25) is 0 Å². The predicted octanol–water partition coefficient (Wildman–Crippen LogP) is 5.54. The molecule has 154 valence electrons. The highest BCUT2D eigenvalue weighted by atomic mass is 35.5. The van der Waals surface area contributed by atoms with Crippen molar-refractivity contribution in [3.63, 3.8) is 0 Å². The number of halogens is 1. The summed E-state index contributed by atoms with van der Waals surface area (Å²) in [5.74, 6) is 0.689. The number of hydrogen-bond acceptors (Lipinski definition) is 3. The lowest BCUT2D eigenvalue weighted by Crippen LogP contribution is -2.34. The lowest BCUT2D eigenvalue weighted by Gasteiger charge is -2.30. The first-order chi connectivity index (χ1) is 13.5. The molecule has 1 aliphatic heterocycles. The third kappa shape index (κ3) is 4.25. The average Bonchev–Trinajstić information content (AvgIpc) is 2.93. The molecule has 0 bridgehead atoms. The molecule has 0 spiro atoms. The summed E-state index contributed by atoms with van der Waals surface area (Å²) in [6.07, 6.45) is 2.50. The number of rotatable bonds is 4. The lowest BCUT2D eigenvalue weighted by molar-refractivity contribution is 0.103. The molecule has 1 aliphatic rings. The predicted molar refractivity (Wildman–Crippen MR) is 126 cm³/mol. The number of piperidine rings is 1. The van der Waals surface area contributed by atoms with Gasteiger partial charge in [0.1, 0.15) is 0 Å². The van der Waals surface area contributed by atoms with Crippen LogP contribution in [-0.4, -0.2) is 35.4 Å². The smallest absolute Gasteiger partial charge is 0.196 e. The maximum Gasteiger partial charge on any atom is 0.196 e. The van der Waals surface area contributed by atoms with E-state index >= 15 is 0 Å². The van der Waals surface area contributed by atoms with Crippen molar-refractivity contribution in [3.8, 4) is 0 Å². The van der Waals surface area contributed by atoms with Crippen LogP contribution in [0, 0.1) is 19.8 Å². The van der Waals surface area contributed by atoms with Crippen LogP contribution >= 0.6 is 25.0 Å². The van der Waals surface area contributed by atoms with Crippen molar-refractivity contribution in [2.75, 3.05) is 20.1 Å². The third-order valence-corrected chi connectivity index (χ3v) is 6.39. The number of nitrogens with zero attached hydrogens (tertiary/aromatic N) is 2. The molecule has 5 heteroatoms. The molecule has 2 heterocycles. The van der Waals surface area contributed by atoms with Gasteiger partial charge in [-0.05, 0) is 70.0 Å². The first-order valence-electron chi connectivity index (χ1n) is 10.1. The van der Waals surface area contributed by atoms with Gasteiger partial charge in [0.15, 0.2) is 5.78 Å². The van der Waals surface area contributed by atoms with E-state index in [4.69, 9.17) is 0 Å². The molecular formula is C24H29ClN2OS. The van der Waals surface area contributed by atoms with Crippen LogP contribution in [0.15, 0.2) is 47.4 Å². The Balaban J connectivity index is 0.00000240. The number of aromatic nitrogens is 1. The molecular weight excluding hydrogens is 400 g/mol. The summed E-state index contributed by atoms with van der Waals surface area (Å²) < 4.78 is 2.36. The van der Waals surface area contributed by atoms with Crippen molar-refractivity contribution in [1.82, 2.24) is 9.47 Å². The van der Waals surface area contributed by atoms with E-state index in [2.05, 4.69) is 54.3 Å². The van der Waals surface area contributed by atoms with Gasteiger partial charge >= 0.3 is 0 Å². The number of benzene rings is 2. The fraction of sp³-hybridized carbons (Fsp3) is 0.375. The van der Waals surface area contributed by atoms with Crippen LogP contribution in [0.25, 0.3) is 10.9 Å². The second-order valence-electron chi connectivity index (χ2n) is 8.21. The van der Waals surface area contributed by atoms with E-state index in [1.165, 1.54) is 19.4 Å². The molecule has 3 nitrogen and oxygen atoms in total. The number of fused-ring (bicyclic) bond motifs is 1. The van der Waals surface area contributed by atoms with Crippen LogP contribution in [0.1, 0.15) is 40.0 Å². The molecule has 1 aromatic heterocycles. The molecule has 1 fully saturated rings. The Morgan fingerprint density at radius 1 is 1.17 bits per heavy atom. The van der Waals surface area contributed by atoms with Crippen LogP contribution < -0.4 is 0 Å². The van der Waals surface area contributed by atoms with Crippen LogP contribution in [-0.2, 0) is 6.54 Å². The fourth-order valence-corrected chi connectivity index (χ4v) is 4.98. The second kappa shape index (κ2) is 8.95. The van der Waals surface area contributed by atoms with E-state index in [1.807, 2.05) is 31.2 Å². The van der Waals surface area contributed by atoms with Crippen molar-refractivity contribution < 1.29 is 4.79 Å². The topological polar surface area (TPSA) is 25.2 Å². The molecule has 3 aromatic rings. The minimum Gasteiger partial charge on any atom is -0.344 e. The SMILES string of the molecule is Cc1ccc(C(=O)c2c(C)n(CC3CCCN(C)C3)c3ccccc23)c(S)c1.Cl. The zero-order valence-electron chi connectivity index (χ0n) is 17.3. The number of ketones is 1. The van der Waals surface area contributed by atoms with Gasteiger partial charge < -0.3 is 9.47 Å². The minimum atomic E-state index is 0. The Morgan fingerprint density at radius 2 is 1.93 bits per heavy atom. The minimum absolute atomic E-state index is 0. The van der Waals surface area contributed by atoms with Gasteiger partial charge in [-0.25, -0.2) is 0 Å². The monoisotopic (exact) mass is 428 g/mol. The standard InChI is InChI=1S/C24H28N2OS.ClH/c1-16-10-11-20(22(28)13-16)24(27)23-17(2)26(21-9-5-4-8-19(21)23)15-18-7-6-12-25(3)14-18;/h4-5,8-11,13,18,28H,6-7,12,14-15H2,1-3H3;1H. The Hall–Kier alpha value is -1.75. The Bertz CT molecular complexity index is 1040. The Labute approximate surface area is 184 Å². The number of aryl methyl sites for hydroxylation is 1. The van der Waals surface area contributed by atoms with Crippen LogP contribution in [0.4, 0.5) is 0 Å². The average molecular weight is 429 g/mol. The summed E-state index contributed by atoms with van der Waals surface area (Å²) in [6, 6.07) is 14.2. The summed E-state index contributed by atoms with van der Waals surface area (Å²) in [6.45, 7) is 7.38. The first-order valence-corrected chi connectivity index (χ1v) is 10.5. The van der Waals surface area contributed by atoms with Crippen molar-refractivity contribution in [2.24, 2.45) is 5.92 Å². The first kappa shape index (κ1) is 21.9. The largest absolute Gasteiger partial charge is 0.344 e. The molecule has 1 unspecified atom stereocenters. The number of hydrogen-bond donors (Lipinski definition) is 1. The van der Waals surface area contributed by atoms with Crippen molar-refractivity contribution >= 4 is 41.7 Å². The molecule has 1 saturated heterocycles. The van der Waals surface area contributed by atoms with Crippen molar-refractivity contribution in [3.05, 3.63) is 64.8 Å². The van der Waals surface area contributed by atoms with Gasteiger partial charge in [0.2, 0.25) is 0 Å². The molecule has 2 aromatic carbocycles. The quantitative estimate of drug-likeness (QED) is 0.436. The van der Waals surface area contributed by atoms with Gasteiger partial charge in [-0.1, -0.05) is 24.3 Å². The van der Waals surface area contributed by atoms with E-state index < -0.39 is 0 Å². The second-order valence-corrected chi connectivity index (χ2v) is 8.69. The Morgan fingerprint density at radius 3 is 2.66 bits per heavy atom. The highest BCUT2D eigenvalue weighted by Crippen LogP contribution is 2.31. The molecule has 0 saturated carbocycles. The summed E-state index contributed by atoms with van der Waals surface area (Å²) in [5.41, 5.74) is 4.83. The van der Waals surface area contributed by atoms with Crippen LogP contribution in [0.5, 0.6) is 0 Å². The van der Waals surface area contributed by atoms with E-state index in [0.717, 1.165) is 45.7 Å². The molecule has 1 atom stereocenters. The van der Waals surface area contributed by atoms with Crippen molar-refractivity contribution in [2.45, 2.75) is 38.1 Å². The van der Waals surface area contributed by atoms with E-state index in [9.17, 15) is 4.79 Å². The maximum atomic E-state index is 13.5. The van der Waals surface area contributed by atoms with Crippen LogP contribution in [0.3, 0.4) is 0 Å². The molecule has 29 heavy (non-hydrogen) atoms. The summed E-state index contributed by atoms with van der Waals surface area (Å²) in [5, 5.41) is 1.04. The van der Waals surface area contributed by atoms with Gasteiger partial charge in [-0.2, -0.15) is 0 Å². The number of thiol groups is 1. The van der Waals surface area contributed by atoms with Gasteiger partial charge in [-0.15, -0.1) is 25.0 Å². The molecule has 0 amide bonds. The highest BCUT2D eigenvalue weighted by Gasteiger charge is 2.25. The van der Waals surface area contributed by atoms with Gasteiger partial charge in [-0.3, -0.25) is 4.79 Å². The van der Waals surface area contributed by atoms with E-state index in [-0.39, 0.29) is 18.2 Å². The summed E-state index contributed by atoms with van der Waals surface area (Å²) in [4.78, 5) is 16.7. The molecule has 0 aliphatic carbocycles. The molecule has 0 N–H and O–H groups in total. The van der Waals surface area contributed by atoms with Gasteiger partial charge in [0, 0.05) is 40.1 Å². The number of carbonyl (C=O) groups excluding carboxylic acids is 1. The highest BCUT2D eigenvalue weighted by molar-refractivity contribution is 7.80. The van der Waals surface area contributed by atoms with Gasteiger partial charge in [0.05, 0.1) is 5.56 Å². The summed E-state index contributed by atoms with van der Waals surface area (Å²) in [7, 11) is 2.20. The fourth-order valence-electron chi connectivity index (χ4n) is 4.60. The zero-order chi connectivity index (χ0) is 19.8. The van der Waals surface area contributed by atoms with Gasteiger partial charge in [0.25, 0.3) is 0 Å². The summed E-state index contributed by atoms with van der Waals surface area (Å²) >= 11 is 4.58. The van der Waals surface area contributed by atoms with E-state index in [1.54, 1.807) is 0 Å². The molecule has 0 radical (unpaired) electrons. The maximum absolute atomic E-state index is 13.5. The lowest BCUT2D eigenvalue weighted by atomic mass is 9.98. The zero-order valence-corrected chi connectivity index (χ0v) is 19.0. The number of likely N-dealkylation sites (tertiary alicyclic amines) is 1. The van der Waals surface area contributed by atoms with E-state index in [0.29, 0.717) is 11.5 Å². The normalized spacial score (nSPS) is 17.3. The van der Waals surface area contributed by atoms with Crippen molar-refractivity contribution in [1.29, 1.82) is 0 Å². The number of carbonyl (C=O) groups is 1. The Kier molecular flexibility index (Phi) is 6.77.